The summed E-state index contributed by atoms with van der Waals surface area (Å²) < 4.78 is 0. The van der Waals surface area contributed by atoms with Gasteiger partial charge >= 0.3 is 5.97 Å². The molecule has 224 valence electrons. The number of carboxylic acid groups (broad SMARTS) is 1. The molecule has 6 nitrogen and oxygen atoms in total. The molecule has 0 unspecified atom stereocenters. The van der Waals surface area contributed by atoms with E-state index in [0.717, 1.165) is 38.2 Å². The van der Waals surface area contributed by atoms with Gasteiger partial charge in [-0.25, -0.2) is 0 Å². The molecule has 5 rings (SSSR count). The molecule has 4 aliphatic carbocycles. The Morgan fingerprint density at radius 2 is 1.82 bits per heavy atom. The molecule has 40 heavy (non-hydrogen) atoms. The zero-order valence-corrected chi connectivity index (χ0v) is 25.3. The molecule has 4 N–H and O–H groups in total. The maximum atomic E-state index is 11.7. The van der Waals surface area contributed by atoms with E-state index in [1.807, 2.05) is 18.3 Å². The average Bonchev–Trinajstić information content (AvgIpc) is 3.29. The molecule has 0 radical (unpaired) electrons. The van der Waals surface area contributed by atoms with Gasteiger partial charge in [-0.2, -0.15) is 0 Å². The van der Waals surface area contributed by atoms with Crippen LogP contribution >= 0.6 is 0 Å². The summed E-state index contributed by atoms with van der Waals surface area (Å²) in [6, 6.07) is 6.65. The van der Waals surface area contributed by atoms with Crippen LogP contribution in [0.5, 0.6) is 0 Å². The number of carbonyl (C=O) groups is 1. The second-order valence-corrected chi connectivity index (χ2v) is 14.6. The summed E-state index contributed by atoms with van der Waals surface area (Å²) in [5.41, 5.74) is 1.71. The summed E-state index contributed by atoms with van der Waals surface area (Å²) in [4.78, 5) is 15.6. The lowest BCUT2D eigenvalue weighted by Gasteiger charge is -2.62. The highest BCUT2D eigenvalue weighted by Gasteiger charge is 2.62. The van der Waals surface area contributed by atoms with Crippen LogP contribution in [0.1, 0.15) is 104 Å². The number of carboxylic acids is 1. The van der Waals surface area contributed by atoms with Crippen LogP contribution < -0.4 is 10.6 Å². The fourth-order valence-corrected chi connectivity index (χ4v) is 10.3. The third-order valence-electron chi connectivity index (χ3n) is 12.5. The van der Waals surface area contributed by atoms with Crippen LogP contribution in [0.3, 0.4) is 0 Å². The van der Waals surface area contributed by atoms with E-state index in [9.17, 15) is 15.0 Å². The maximum absolute atomic E-state index is 11.7. The molecule has 10 atom stereocenters. The molecule has 1 aromatic rings. The van der Waals surface area contributed by atoms with Crippen LogP contribution in [0.4, 0.5) is 0 Å². The Kier molecular flexibility index (Phi) is 9.58. The highest BCUT2D eigenvalue weighted by Crippen LogP contribution is 2.68. The van der Waals surface area contributed by atoms with Crippen molar-refractivity contribution in [2.24, 2.45) is 46.3 Å². The van der Waals surface area contributed by atoms with Crippen molar-refractivity contribution in [3.8, 4) is 0 Å². The molecule has 0 spiro atoms. The van der Waals surface area contributed by atoms with Gasteiger partial charge in [0.05, 0.1) is 11.8 Å². The molecule has 4 saturated carbocycles. The first-order chi connectivity index (χ1) is 19.2. The zero-order valence-electron chi connectivity index (χ0n) is 25.3. The van der Waals surface area contributed by atoms with E-state index < -0.39 is 5.97 Å². The smallest absolute Gasteiger partial charge is 0.303 e. The lowest BCUT2D eigenvalue weighted by Crippen LogP contribution is -2.59. The van der Waals surface area contributed by atoms with Gasteiger partial charge in [0.1, 0.15) is 0 Å². The SMILES string of the molecule is C[C@H](CCC(=O)O)[C@H]1CC[C@H]2[C@@H]3[C@H](O)C[C@H]4C[C@H](NCCCCNCc5ccccn5)CC[C@]4(C)[C@H]3CC[C@]12C. The lowest BCUT2D eigenvalue weighted by atomic mass is 9.43. The van der Waals surface area contributed by atoms with Gasteiger partial charge in [0.2, 0.25) is 0 Å². The Balaban J connectivity index is 1.10. The topological polar surface area (TPSA) is 94.5 Å². The van der Waals surface area contributed by atoms with E-state index in [4.69, 9.17) is 0 Å². The van der Waals surface area contributed by atoms with Crippen LogP contribution in [0, 0.1) is 46.3 Å². The second-order valence-electron chi connectivity index (χ2n) is 14.6. The number of pyridine rings is 1. The first-order valence-corrected chi connectivity index (χ1v) is 16.5. The van der Waals surface area contributed by atoms with Crippen molar-refractivity contribution in [2.75, 3.05) is 13.1 Å². The molecule has 4 aliphatic rings. The molecule has 0 aromatic carbocycles. The molecule has 0 saturated heterocycles. The maximum Gasteiger partial charge on any atom is 0.303 e. The quantitative estimate of drug-likeness (QED) is 0.236. The van der Waals surface area contributed by atoms with Crippen molar-refractivity contribution < 1.29 is 15.0 Å². The molecule has 0 aliphatic heterocycles. The number of nitrogens with one attached hydrogen (secondary N) is 2. The molecular formula is C34H55N3O3. The fourth-order valence-electron chi connectivity index (χ4n) is 10.3. The van der Waals surface area contributed by atoms with Crippen LogP contribution in [0.15, 0.2) is 24.4 Å². The molecule has 1 aromatic heterocycles. The average molecular weight is 554 g/mol. The monoisotopic (exact) mass is 553 g/mol. The first-order valence-electron chi connectivity index (χ1n) is 16.5. The number of fused-ring (bicyclic) bond motifs is 5. The Bertz CT molecular complexity index is 974. The number of hydrogen-bond donors (Lipinski definition) is 4. The van der Waals surface area contributed by atoms with Crippen molar-refractivity contribution in [1.82, 2.24) is 15.6 Å². The predicted molar refractivity (Wildman–Crippen MR) is 160 cm³/mol. The van der Waals surface area contributed by atoms with Crippen molar-refractivity contribution in [1.29, 1.82) is 0 Å². The number of aliphatic carboxylic acids is 1. The summed E-state index contributed by atoms with van der Waals surface area (Å²) >= 11 is 0. The van der Waals surface area contributed by atoms with Gasteiger partial charge < -0.3 is 20.8 Å². The van der Waals surface area contributed by atoms with Crippen molar-refractivity contribution in [3.05, 3.63) is 30.1 Å². The summed E-state index contributed by atoms with van der Waals surface area (Å²) in [6.45, 7) is 10.3. The van der Waals surface area contributed by atoms with Crippen LogP contribution in [-0.2, 0) is 11.3 Å². The first kappa shape index (κ1) is 30.0. The van der Waals surface area contributed by atoms with Gasteiger partial charge in [0, 0.05) is 25.2 Å². The van der Waals surface area contributed by atoms with Gasteiger partial charge in [-0.15, -0.1) is 0 Å². The van der Waals surface area contributed by atoms with Gasteiger partial charge in [0.25, 0.3) is 0 Å². The number of unbranched alkanes of at least 4 members (excludes halogenated alkanes) is 1. The summed E-state index contributed by atoms with van der Waals surface area (Å²) in [7, 11) is 0. The summed E-state index contributed by atoms with van der Waals surface area (Å²) in [6.07, 6.45) is 14.8. The number of aliphatic hydroxyl groups is 1. The van der Waals surface area contributed by atoms with E-state index in [2.05, 4.69) is 42.5 Å². The molecule has 1 heterocycles. The minimum absolute atomic E-state index is 0.176. The van der Waals surface area contributed by atoms with Gasteiger partial charge in [-0.1, -0.05) is 26.8 Å². The minimum atomic E-state index is -0.671. The molecular weight excluding hydrogens is 498 g/mol. The number of rotatable bonds is 12. The van der Waals surface area contributed by atoms with E-state index in [1.54, 1.807) is 0 Å². The third kappa shape index (κ3) is 6.15. The molecule has 0 bridgehead atoms. The summed E-state index contributed by atoms with van der Waals surface area (Å²) in [5, 5.41) is 28.3. The second kappa shape index (κ2) is 12.8. The van der Waals surface area contributed by atoms with E-state index in [1.165, 1.54) is 57.8 Å². The predicted octanol–water partition coefficient (Wildman–Crippen LogP) is 6.04. The van der Waals surface area contributed by atoms with Crippen molar-refractivity contribution in [2.45, 2.75) is 117 Å². The Morgan fingerprint density at radius 1 is 1.05 bits per heavy atom. The van der Waals surface area contributed by atoms with Crippen LogP contribution in [0.2, 0.25) is 0 Å². The number of hydrogen-bond acceptors (Lipinski definition) is 5. The van der Waals surface area contributed by atoms with Gasteiger partial charge in [0.15, 0.2) is 0 Å². The Labute approximate surface area is 242 Å². The Hall–Kier alpha value is -1.50. The highest BCUT2D eigenvalue weighted by molar-refractivity contribution is 5.66. The summed E-state index contributed by atoms with van der Waals surface area (Å²) in [5.74, 6) is 2.66. The third-order valence-corrected chi connectivity index (χ3v) is 12.5. The van der Waals surface area contributed by atoms with Crippen LogP contribution in [0.25, 0.3) is 0 Å². The number of aromatic nitrogens is 1. The number of aliphatic hydroxyl groups excluding tert-OH is 1. The zero-order chi connectivity index (χ0) is 28.3. The standard InChI is InChI=1S/C34H55N3O3/c1-23(9-12-31(39)40)27-10-11-28-32-29(14-16-34(27,28)3)33(2)15-13-25(20-24(33)21-30(32)38)36-19-7-6-17-35-22-26-8-4-5-18-37-26/h4-5,8,18,23-25,27-30,32,35-36,38H,6-7,9-17,19-22H2,1-3H3,(H,39,40)/t23-,24-,25-,27-,28+,29+,30-,32+,33+,34-/m1/s1. The van der Waals surface area contributed by atoms with Crippen molar-refractivity contribution in [3.63, 3.8) is 0 Å². The van der Waals surface area contributed by atoms with Crippen molar-refractivity contribution >= 4 is 5.97 Å². The molecule has 4 fully saturated rings. The normalized spacial score (nSPS) is 39.6. The van der Waals surface area contributed by atoms with Gasteiger partial charge in [-0.05, 0) is 142 Å². The molecule has 0 amide bonds. The van der Waals surface area contributed by atoms with E-state index in [0.29, 0.717) is 47.0 Å². The van der Waals surface area contributed by atoms with Gasteiger partial charge in [-0.3, -0.25) is 9.78 Å². The fraction of sp³-hybridized carbons (Fsp3) is 0.824. The van der Waals surface area contributed by atoms with E-state index in [-0.39, 0.29) is 17.9 Å². The largest absolute Gasteiger partial charge is 0.481 e. The molecule has 6 heteroatoms. The van der Waals surface area contributed by atoms with E-state index >= 15 is 0 Å². The highest BCUT2D eigenvalue weighted by atomic mass is 16.4. The van der Waals surface area contributed by atoms with Crippen LogP contribution in [-0.4, -0.2) is 46.4 Å². The Morgan fingerprint density at radius 3 is 2.60 bits per heavy atom. The minimum Gasteiger partial charge on any atom is -0.481 e. The number of nitrogens with zero attached hydrogens (tertiary/aromatic N) is 1. The lowest BCUT2D eigenvalue weighted by molar-refractivity contribution is -0.167.